The first kappa shape index (κ1) is 30.7. The van der Waals surface area contributed by atoms with Crippen molar-refractivity contribution in [1.29, 1.82) is 0 Å². The molecule has 0 aliphatic rings. The summed E-state index contributed by atoms with van der Waals surface area (Å²) < 4.78 is 0. The third-order valence-electron chi connectivity index (χ3n) is 5.31. The van der Waals surface area contributed by atoms with E-state index in [-0.39, 0.29) is 57.9 Å². The Balaban J connectivity index is 0. The van der Waals surface area contributed by atoms with Crippen LogP contribution in [0.1, 0.15) is 105 Å². The molecule has 0 aromatic rings. The van der Waals surface area contributed by atoms with Crippen LogP contribution >= 0.6 is 0 Å². The molecule has 4 heteroatoms. The fourth-order valence-electron chi connectivity index (χ4n) is 3.77. The number of unbranched alkanes of at least 4 members (excludes halogenated alkanes) is 4. The van der Waals surface area contributed by atoms with Crippen LogP contribution in [0.2, 0.25) is 0 Å². The number of allylic oxidation sites excluding steroid dienone is 4. The third kappa shape index (κ3) is 16.4. The second-order valence-corrected chi connectivity index (χ2v) is 7.50. The van der Waals surface area contributed by atoms with E-state index in [4.69, 9.17) is 0 Å². The molecule has 2 unspecified atom stereocenters. The number of hydrogen-bond donors (Lipinski definition) is 0. The van der Waals surface area contributed by atoms with Crippen LogP contribution in [-0.4, -0.2) is 29.5 Å². The van der Waals surface area contributed by atoms with Crippen molar-refractivity contribution in [2.75, 3.05) is 6.54 Å². The summed E-state index contributed by atoms with van der Waals surface area (Å²) in [5.74, 6) is -0.941. The van der Waals surface area contributed by atoms with Gasteiger partial charge in [-0.3, -0.25) is 4.90 Å². The van der Waals surface area contributed by atoms with E-state index < -0.39 is 5.97 Å². The number of carboxylic acid groups (broad SMARTS) is 1. The Labute approximate surface area is 217 Å². The van der Waals surface area contributed by atoms with Crippen molar-refractivity contribution >= 4 is 5.97 Å². The summed E-state index contributed by atoms with van der Waals surface area (Å²) in [7, 11) is 0. The maximum atomic E-state index is 11.4. The molecule has 0 N–H and O–H groups in total. The summed E-state index contributed by atoms with van der Waals surface area (Å²) in [6.45, 7) is 8.76. The minimum absolute atomic E-state index is 0. The molecule has 158 valence electrons. The van der Waals surface area contributed by atoms with Gasteiger partial charge in [-0.15, -0.1) is 0 Å². The number of carbonyl (C=O) groups is 1. The minimum Gasteiger partial charge on any atom is -0.549 e. The Morgan fingerprint density at radius 3 is 1.54 bits per heavy atom. The van der Waals surface area contributed by atoms with E-state index in [9.17, 15) is 9.90 Å². The maximum absolute atomic E-state index is 11.4. The number of aliphatic carboxylic acids is 1. The van der Waals surface area contributed by atoms with Crippen molar-refractivity contribution in [2.24, 2.45) is 0 Å². The smallest absolute Gasteiger partial charge is 0.549 e. The van der Waals surface area contributed by atoms with Gasteiger partial charge in [-0.05, 0) is 64.2 Å². The molecule has 0 spiro atoms. The van der Waals surface area contributed by atoms with Crippen molar-refractivity contribution in [2.45, 2.75) is 117 Å². The molecule has 28 heavy (non-hydrogen) atoms. The van der Waals surface area contributed by atoms with Crippen LogP contribution in [0.5, 0.6) is 0 Å². The molecule has 0 aromatic carbocycles. The van der Waals surface area contributed by atoms with Crippen molar-refractivity contribution in [3.8, 4) is 0 Å². The van der Waals surface area contributed by atoms with E-state index in [1.807, 2.05) is 0 Å². The molecule has 2 atom stereocenters. The van der Waals surface area contributed by atoms with Crippen LogP contribution in [0, 0.1) is 0 Å². The molecule has 0 fully saturated rings. The SMILES string of the molecule is CC/C=C/CCCCC(CC)N(CC(=O)[O-])C(CC)CCCC/C=C/CC.[K+]. The number of hydrogen-bond acceptors (Lipinski definition) is 3. The first-order valence-electron chi connectivity index (χ1n) is 11.4. The van der Waals surface area contributed by atoms with Gasteiger partial charge >= 0.3 is 51.4 Å². The number of carbonyl (C=O) groups excluding carboxylic acids is 1. The normalized spacial score (nSPS) is 13.9. The van der Waals surface area contributed by atoms with Crippen LogP contribution in [0.25, 0.3) is 0 Å². The fraction of sp³-hybridized carbons (Fsp3) is 0.792. The third-order valence-corrected chi connectivity index (χ3v) is 5.31. The molecule has 0 rings (SSSR count). The number of carboxylic acids is 1. The summed E-state index contributed by atoms with van der Waals surface area (Å²) in [6.07, 6.45) is 22.3. The summed E-state index contributed by atoms with van der Waals surface area (Å²) in [4.78, 5) is 13.6. The minimum atomic E-state index is -0.941. The monoisotopic (exact) mass is 417 g/mol. The Kier molecular flexibility index (Phi) is 24.4. The molecule has 0 heterocycles. The van der Waals surface area contributed by atoms with Gasteiger partial charge in [0, 0.05) is 18.6 Å². The van der Waals surface area contributed by atoms with E-state index in [1.54, 1.807) is 0 Å². The van der Waals surface area contributed by atoms with Gasteiger partial charge in [0.2, 0.25) is 0 Å². The largest absolute Gasteiger partial charge is 1.00 e. The summed E-state index contributed by atoms with van der Waals surface area (Å²) >= 11 is 0. The molecule has 0 bridgehead atoms. The van der Waals surface area contributed by atoms with Gasteiger partial charge in [0.25, 0.3) is 0 Å². The zero-order chi connectivity index (χ0) is 20.3. The summed E-state index contributed by atoms with van der Waals surface area (Å²) in [5, 5.41) is 11.4. The van der Waals surface area contributed by atoms with E-state index in [0.717, 1.165) is 64.2 Å². The van der Waals surface area contributed by atoms with E-state index in [2.05, 4.69) is 56.9 Å². The predicted molar refractivity (Wildman–Crippen MR) is 116 cm³/mol. The standard InChI is InChI=1S/C24H45NO2.K/c1-5-9-11-13-15-17-19-22(7-3)25(21-24(26)27)23(8-4)20-18-16-14-12-10-6-2;/h9-12,22-23H,5-8,13-21H2,1-4H3,(H,26,27);/q;+1/p-1/b11-9+,12-10+;. The van der Waals surface area contributed by atoms with Crippen molar-refractivity contribution < 1.29 is 61.3 Å². The van der Waals surface area contributed by atoms with Crippen LogP contribution < -0.4 is 56.5 Å². The van der Waals surface area contributed by atoms with Gasteiger partial charge in [0.05, 0.1) is 5.97 Å². The zero-order valence-electron chi connectivity index (χ0n) is 19.4. The van der Waals surface area contributed by atoms with E-state index >= 15 is 0 Å². The number of rotatable bonds is 18. The van der Waals surface area contributed by atoms with Gasteiger partial charge in [-0.1, -0.05) is 64.8 Å². The fourth-order valence-corrected chi connectivity index (χ4v) is 3.77. The van der Waals surface area contributed by atoms with Crippen molar-refractivity contribution in [3.63, 3.8) is 0 Å². The predicted octanol–water partition coefficient (Wildman–Crippen LogP) is 2.65. The van der Waals surface area contributed by atoms with Crippen LogP contribution in [0.4, 0.5) is 0 Å². The molecule has 0 saturated heterocycles. The Bertz CT molecular complexity index is 379. The number of nitrogens with zero attached hydrogens (tertiary/aromatic N) is 1. The van der Waals surface area contributed by atoms with Crippen LogP contribution in [-0.2, 0) is 4.79 Å². The molecule has 0 saturated carbocycles. The van der Waals surface area contributed by atoms with Gasteiger partial charge in [0.15, 0.2) is 0 Å². The second-order valence-electron chi connectivity index (χ2n) is 7.50. The summed E-state index contributed by atoms with van der Waals surface area (Å²) in [6, 6.07) is 0.700. The topological polar surface area (TPSA) is 43.4 Å². The molecular weight excluding hydrogens is 373 g/mol. The van der Waals surface area contributed by atoms with Crippen LogP contribution in [0.3, 0.4) is 0 Å². The Hall–Kier alpha value is 0.546. The first-order chi connectivity index (χ1) is 13.1. The molecule has 0 aliphatic heterocycles. The molecule has 0 aromatic heterocycles. The van der Waals surface area contributed by atoms with Crippen molar-refractivity contribution in [1.82, 2.24) is 4.90 Å². The zero-order valence-corrected chi connectivity index (χ0v) is 22.5. The summed E-state index contributed by atoms with van der Waals surface area (Å²) in [5.41, 5.74) is 0. The first-order valence-corrected chi connectivity index (χ1v) is 11.4. The molecule has 0 aliphatic carbocycles. The van der Waals surface area contributed by atoms with Gasteiger partial charge in [0.1, 0.15) is 0 Å². The molecule has 0 amide bonds. The van der Waals surface area contributed by atoms with Crippen LogP contribution in [0.15, 0.2) is 24.3 Å². The molecule has 0 radical (unpaired) electrons. The quantitative estimate of drug-likeness (QED) is 0.196. The van der Waals surface area contributed by atoms with Gasteiger partial charge in [-0.25, -0.2) is 0 Å². The average molecular weight is 418 g/mol. The molecule has 3 nitrogen and oxygen atoms in total. The van der Waals surface area contributed by atoms with Crippen molar-refractivity contribution in [3.05, 3.63) is 24.3 Å². The van der Waals surface area contributed by atoms with E-state index in [0.29, 0.717) is 12.1 Å². The van der Waals surface area contributed by atoms with Gasteiger partial charge < -0.3 is 9.90 Å². The molecular formula is C24H44KNO2. The average Bonchev–Trinajstić information content (AvgIpc) is 2.65. The Morgan fingerprint density at radius 2 is 1.21 bits per heavy atom. The van der Waals surface area contributed by atoms with E-state index in [1.165, 1.54) is 12.8 Å². The Morgan fingerprint density at radius 1 is 0.786 bits per heavy atom. The van der Waals surface area contributed by atoms with Gasteiger partial charge in [-0.2, -0.15) is 0 Å². The maximum Gasteiger partial charge on any atom is 1.00 e. The second kappa shape index (κ2) is 22.2.